The Hall–Kier alpha value is -3.56. The van der Waals surface area contributed by atoms with Crippen LogP contribution in [0.1, 0.15) is 30.3 Å². The molecule has 0 saturated carbocycles. The molecule has 1 aromatic carbocycles. The van der Waals surface area contributed by atoms with E-state index in [1.54, 1.807) is 31.2 Å². The number of esters is 1. The van der Waals surface area contributed by atoms with Crippen molar-refractivity contribution in [3.63, 3.8) is 0 Å². The molecule has 162 valence electrons. The predicted molar refractivity (Wildman–Crippen MR) is 107 cm³/mol. The average molecular weight is 431 g/mol. The van der Waals surface area contributed by atoms with Crippen molar-refractivity contribution in [1.82, 2.24) is 20.2 Å². The van der Waals surface area contributed by atoms with Crippen molar-refractivity contribution in [2.75, 3.05) is 11.9 Å². The normalized spacial score (nSPS) is 11.3. The molecule has 10 heteroatoms. The zero-order valence-electron chi connectivity index (χ0n) is 16.9. The molecule has 0 aliphatic heterocycles. The Morgan fingerprint density at radius 1 is 1.13 bits per heavy atom. The van der Waals surface area contributed by atoms with Gasteiger partial charge in [0.2, 0.25) is 5.95 Å². The minimum absolute atomic E-state index is 0.160. The fourth-order valence-electron chi connectivity index (χ4n) is 2.82. The molecule has 3 aromatic rings. The molecule has 2 aromatic heterocycles. The first-order valence-electron chi connectivity index (χ1n) is 9.52. The maximum atomic E-state index is 12.9. The molecule has 0 radical (unpaired) electrons. The molecule has 0 unspecified atom stereocenters. The molecule has 0 fully saturated rings. The maximum Gasteiger partial charge on any atom is 0.433 e. The van der Waals surface area contributed by atoms with Crippen molar-refractivity contribution in [2.45, 2.75) is 32.9 Å². The largest absolute Gasteiger partial charge is 0.466 e. The fraction of sp³-hybridized carbons (Fsp3) is 0.286. The summed E-state index contributed by atoms with van der Waals surface area (Å²) in [7, 11) is 0. The van der Waals surface area contributed by atoms with Crippen molar-refractivity contribution in [3.05, 3.63) is 59.5 Å². The Morgan fingerprint density at radius 2 is 1.94 bits per heavy atom. The summed E-state index contributed by atoms with van der Waals surface area (Å²) in [5.74, 6) is -0.452. The van der Waals surface area contributed by atoms with Crippen LogP contribution in [0.15, 0.2) is 42.6 Å². The molecule has 0 aliphatic carbocycles. The van der Waals surface area contributed by atoms with Crippen LogP contribution in [0, 0.1) is 6.92 Å². The SMILES string of the molecule is CCOC(=O)CCc1ccc(-c2cc(C)cc(Nc3nccc(C(F)(F)F)n3)c2)nn1. The summed E-state index contributed by atoms with van der Waals surface area (Å²) in [6.07, 6.45) is -2.87. The van der Waals surface area contributed by atoms with E-state index in [0.29, 0.717) is 30.1 Å². The molecule has 3 rings (SSSR count). The van der Waals surface area contributed by atoms with Gasteiger partial charge in [0, 0.05) is 23.9 Å². The number of halogens is 3. The highest BCUT2D eigenvalue weighted by Crippen LogP contribution is 2.29. The van der Waals surface area contributed by atoms with E-state index in [1.165, 1.54) is 0 Å². The lowest BCUT2D eigenvalue weighted by atomic mass is 10.1. The van der Waals surface area contributed by atoms with Gasteiger partial charge in [-0.3, -0.25) is 4.79 Å². The standard InChI is InChI=1S/C21H20F3N5O2/c1-3-31-19(30)7-5-15-4-6-17(29-28-15)14-10-13(2)11-16(12-14)26-20-25-9-8-18(27-20)21(22,23)24/h4,6,8-12H,3,5,7H2,1-2H3,(H,25,26,27). The third kappa shape index (κ3) is 6.21. The smallest absolute Gasteiger partial charge is 0.433 e. The number of carbonyl (C=O) groups is 1. The number of nitrogens with zero attached hydrogens (tertiary/aromatic N) is 4. The van der Waals surface area contributed by atoms with Crippen molar-refractivity contribution < 1.29 is 22.7 Å². The number of alkyl halides is 3. The van der Waals surface area contributed by atoms with E-state index in [1.807, 2.05) is 13.0 Å². The highest BCUT2D eigenvalue weighted by atomic mass is 19.4. The van der Waals surface area contributed by atoms with E-state index in [2.05, 4.69) is 25.5 Å². The van der Waals surface area contributed by atoms with Crippen molar-refractivity contribution in [3.8, 4) is 11.3 Å². The molecule has 7 nitrogen and oxygen atoms in total. The second-order valence-electron chi connectivity index (χ2n) is 6.69. The number of aromatic nitrogens is 4. The minimum Gasteiger partial charge on any atom is -0.466 e. The van der Waals surface area contributed by atoms with Crippen LogP contribution in [0.3, 0.4) is 0 Å². The molecule has 0 saturated heterocycles. The number of benzene rings is 1. The van der Waals surface area contributed by atoms with Crippen molar-refractivity contribution >= 4 is 17.6 Å². The molecule has 0 bridgehead atoms. The minimum atomic E-state index is -4.55. The zero-order valence-corrected chi connectivity index (χ0v) is 16.9. The van der Waals surface area contributed by atoms with Crippen LogP contribution in [0.25, 0.3) is 11.3 Å². The Morgan fingerprint density at radius 3 is 2.61 bits per heavy atom. The number of rotatable bonds is 7. The van der Waals surface area contributed by atoms with E-state index < -0.39 is 11.9 Å². The van der Waals surface area contributed by atoms with Gasteiger partial charge in [-0.15, -0.1) is 0 Å². The Bertz CT molecular complexity index is 1060. The first kappa shape index (κ1) is 22.1. The van der Waals surface area contributed by atoms with Crippen LogP contribution in [-0.2, 0) is 22.1 Å². The number of aryl methyl sites for hydroxylation is 2. The van der Waals surface area contributed by atoms with Crippen LogP contribution in [0.5, 0.6) is 0 Å². The van der Waals surface area contributed by atoms with Gasteiger partial charge in [0.1, 0.15) is 5.69 Å². The molecule has 2 heterocycles. The number of hydrogen-bond donors (Lipinski definition) is 1. The van der Waals surface area contributed by atoms with Gasteiger partial charge >= 0.3 is 12.1 Å². The number of carbonyl (C=O) groups excluding carboxylic acids is 1. The summed E-state index contributed by atoms with van der Waals surface area (Å²) in [4.78, 5) is 18.8. The van der Waals surface area contributed by atoms with E-state index in [-0.39, 0.29) is 18.3 Å². The van der Waals surface area contributed by atoms with Crippen LogP contribution in [0.2, 0.25) is 0 Å². The quantitative estimate of drug-likeness (QED) is 0.551. The number of anilines is 2. The molecular weight excluding hydrogens is 411 g/mol. The van der Waals surface area contributed by atoms with Crippen LogP contribution < -0.4 is 5.32 Å². The summed E-state index contributed by atoms with van der Waals surface area (Å²) in [5, 5.41) is 11.1. The topological polar surface area (TPSA) is 89.9 Å². The van der Waals surface area contributed by atoms with Crippen LogP contribution in [0.4, 0.5) is 24.8 Å². The summed E-state index contributed by atoms with van der Waals surface area (Å²) in [6, 6.07) is 9.71. The summed E-state index contributed by atoms with van der Waals surface area (Å²) >= 11 is 0. The summed E-state index contributed by atoms with van der Waals surface area (Å²) in [6.45, 7) is 3.93. The third-order valence-corrected chi connectivity index (χ3v) is 4.19. The Balaban J connectivity index is 1.76. The van der Waals surface area contributed by atoms with Gasteiger partial charge in [-0.25, -0.2) is 9.97 Å². The van der Waals surface area contributed by atoms with Crippen LogP contribution >= 0.6 is 0 Å². The van der Waals surface area contributed by atoms with E-state index in [9.17, 15) is 18.0 Å². The van der Waals surface area contributed by atoms with Gasteiger partial charge in [-0.05, 0) is 55.8 Å². The van der Waals surface area contributed by atoms with Crippen molar-refractivity contribution in [1.29, 1.82) is 0 Å². The molecule has 1 N–H and O–H groups in total. The second kappa shape index (κ2) is 9.50. The van der Waals surface area contributed by atoms with Gasteiger partial charge < -0.3 is 10.1 Å². The molecule has 0 atom stereocenters. The average Bonchev–Trinajstić information content (AvgIpc) is 2.72. The molecule has 0 aliphatic rings. The first-order chi connectivity index (χ1) is 14.7. The van der Waals surface area contributed by atoms with E-state index >= 15 is 0 Å². The van der Waals surface area contributed by atoms with Gasteiger partial charge in [0.05, 0.1) is 24.4 Å². The predicted octanol–water partition coefficient (Wildman–Crippen LogP) is 4.50. The number of nitrogens with one attached hydrogen (secondary N) is 1. The van der Waals surface area contributed by atoms with Gasteiger partial charge in [0.15, 0.2) is 0 Å². The second-order valence-corrected chi connectivity index (χ2v) is 6.69. The zero-order chi connectivity index (χ0) is 22.4. The maximum absolute atomic E-state index is 12.9. The van der Waals surface area contributed by atoms with Crippen LogP contribution in [-0.4, -0.2) is 32.7 Å². The van der Waals surface area contributed by atoms with Gasteiger partial charge in [0.25, 0.3) is 0 Å². The Labute approximate surface area is 176 Å². The van der Waals surface area contributed by atoms with Gasteiger partial charge in [-0.2, -0.15) is 23.4 Å². The molecule has 0 amide bonds. The van der Waals surface area contributed by atoms with Crippen molar-refractivity contribution in [2.24, 2.45) is 0 Å². The third-order valence-electron chi connectivity index (χ3n) is 4.19. The fourth-order valence-corrected chi connectivity index (χ4v) is 2.82. The first-order valence-corrected chi connectivity index (χ1v) is 9.52. The Kier molecular flexibility index (Phi) is 6.78. The molecule has 0 spiro atoms. The lowest BCUT2D eigenvalue weighted by molar-refractivity contribution is -0.143. The van der Waals surface area contributed by atoms with E-state index in [0.717, 1.165) is 23.4 Å². The summed E-state index contributed by atoms with van der Waals surface area (Å²) in [5.41, 5.74) is 2.31. The number of hydrogen-bond acceptors (Lipinski definition) is 7. The lowest BCUT2D eigenvalue weighted by Gasteiger charge is -2.11. The highest BCUT2D eigenvalue weighted by Gasteiger charge is 2.32. The molecular formula is C21H20F3N5O2. The van der Waals surface area contributed by atoms with Gasteiger partial charge in [-0.1, -0.05) is 0 Å². The molecule has 31 heavy (non-hydrogen) atoms. The van der Waals surface area contributed by atoms with E-state index in [4.69, 9.17) is 4.74 Å². The summed E-state index contributed by atoms with van der Waals surface area (Å²) < 4.78 is 43.5. The monoisotopic (exact) mass is 431 g/mol. The highest BCUT2D eigenvalue weighted by molar-refractivity contribution is 5.70. The lowest BCUT2D eigenvalue weighted by Crippen LogP contribution is -2.10. The number of ether oxygens (including phenoxy) is 1.